The highest BCUT2D eigenvalue weighted by atomic mass is 32.1. The van der Waals surface area contributed by atoms with Crippen molar-refractivity contribution in [3.63, 3.8) is 0 Å². The van der Waals surface area contributed by atoms with Crippen molar-refractivity contribution in [3.05, 3.63) is 22.4 Å². The Hall–Kier alpha value is -0.380. The first-order valence-electron chi connectivity index (χ1n) is 4.15. The number of thiophene rings is 1. The van der Waals surface area contributed by atoms with E-state index < -0.39 is 0 Å². The highest BCUT2D eigenvalue weighted by molar-refractivity contribution is 7.10. The summed E-state index contributed by atoms with van der Waals surface area (Å²) in [6, 6.07) is 4.22. The van der Waals surface area contributed by atoms with Crippen LogP contribution in [0.2, 0.25) is 0 Å². The molecule has 1 heterocycles. The minimum atomic E-state index is 0.121. The van der Waals surface area contributed by atoms with Crippen LogP contribution in [0.3, 0.4) is 0 Å². The van der Waals surface area contributed by atoms with Gasteiger partial charge in [-0.15, -0.1) is 11.3 Å². The summed E-state index contributed by atoms with van der Waals surface area (Å²) in [4.78, 5) is 1.28. The molecule has 12 heavy (non-hydrogen) atoms. The average Bonchev–Trinajstić information content (AvgIpc) is 2.51. The number of nitrogens with two attached hydrogens (primary N) is 1. The summed E-state index contributed by atoms with van der Waals surface area (Å²) < 4.78 is 0. The second-order valence-electron chi connectivity index (χ2n) is 2.99. The van der Waals surface area contributed by atoms with E-state index in [1.807, 2.05) is 18.4 Å². The zero-order chi connectivity index (χ0) is 8.97. The Kier molecular flexibility index (Phi) is 3.72. The van der Waals surface area contributed by atoms with Crippen molar-refractivity contribution < 1.29 is 5.11 Å². The summed E-state index contributed by atoms with van der Waals surface area (Å²) in [5.41, 5.74) is 5.81. The van der Waals surface area contributed by atoms with Crippen LogP contribution >= 0.6 is 11.3 Å². The van der Waals surface area contributed by atoms with Crippen molar-refractivity contribution in [2.45, 2.75) is 25.3 Å². The van der Waals surface area contributed by atoms with Crippen LogP contribution in [-0.4, -0.2) is 17.8 Å². The van der Waals surface area contributed by atoms with Crippen LogP contribution in [0.1, 0.15) is 24.1 Å². The third-order valence-electron chi connectivity index (χ3n) is 1.98. The zero-order valence-corrected chi connectivity index (χ0v) is 8.05. The first-order chi connectivity index (χ1) is 5.75. The highest BCUT2D eigenvalue weighted by Crippen LogP contribution is 2.26. The van der Waals surface area contributed by atoms with Gasteiger partial charge in [0, 0.05) is 23.4 Å². The quantitative estimate of drug-likeness (QED) is 0.747. The molecule has 0 amide bonds. The topological polar surface area (TPSA) is 46.2 Å². The molecule has 0 aliphatic carbocycles. The fraction of sp³-hybridized carbons (Fsp3) is 0.556. The van der Waals surface area contributed by atoms with Crippen molar-refractivity contribution in [1.29, 1.82) is 0 Å². The normalized spacial score (nSPS) is 15.9. The number of aliphatic hydroxyl groups is 1. The molecule has 0 aliphatic heterocycles. The smallest absolute Gasteiger partial charge is 0.0437 e. The average molecular weight is 185 g/mol. The molecule has 1 aromatic heterocycles. The standard InChI is InChI=1S/C9H15NOS/c1-7(10)8(4-5-11)9-3-2-6-12-9/h2-3,6-8,11H,4-5,10H2,1H3. The van der Waals surface area contributed by atoms with Crippen LogP contribution in [0.15, 0.2) is 17.5 Å². The van der Waals surface area contributed by atoms with Crippen molar-refractivity contribution >= 4 is 11.3 Å². The van der Waals surface area contributed by atoms with Gasteiger partial charge in [0.1, 0.15) is 0 Å². The van der Waals surface area contributed by atoms with Crippen molar-refractivity contribution in [2.24, 2.45) is 5.73 Å². The van der Waals surface area contributed by atoms with E-state index in [-0.39, 0.29) is 12.6 Å². The number of rotatable bonds is 4. The molecule has 0 bridgehead atoms. The van der Waals surface area contributed by atoms with Crippen molar-refractivity contribution in [3.8, 4) is 0 Å². The summed E-state index contributed by atoms with van der Waals surface area (Å²) in [5.74, 6) is 0.315. The van der Waals surface area contributed by atoms with Crippen LogP contribution in [0.5, 0.6) is 0 Å². The Morgan fingerprint density at radius 2 is 2.42 bits per heavy atom. The number of hydrogen-bond donors (Lipinski definition) is 2. The predicted molar refractivity (Wildman–Crippen MR) is 52.4 cm³/mol. The largest absolute Gasteiger partial charge is 0.396 e. The van der Waals surface area contributed by atoms with Gasteiger partial charge in [0.25, 0.3) is 0 Å². The van der Waals surface area contributed by atoms with Crippen molar-refractivity contribution in [1.82, 2.24) is 0 Å². The van der Waals surface area contributed by atoms with Crippen molar-refractivity contribution in [2.75, 3.05) is 6.61 Å². The lowest BCUT2D eigenvalue weighted by molar-refractivity contribution is 0.270. The van der Waals surface area contributed by atoms with Gasteiger partial charge < -0.3 is 10.8 Å². The fourth-order valence-corrected chi connectivity index (χ4v) is 2.28. The van der Waals surface area contributed by atoms with Gasteiger partial charge in [-0.3, -0.25) is 0 Å². The van der Waals surface area contributed by atoms with E-state index in [0.717, 1.165) is 6.42 Å². The molecule has 68 valence electrons. The van der Waals surface area contributed by atoms with E-state index in [2.05, 4.69) is 6.07 Å². The van der Waals surface area contributed by atoms with Gasteiger partial charge >= 0.3 is 0 Å². The zero-order valence-electron chi connectivity index (χ0n) is 7.23. The van der Waals surface area contributed by atoms with Gasteiger partial charge in [-0.1, -0.05) is 6.07 Å². The van der Waals surface area contributed by atoms with E-state index in [4.69, 9.17) is 10.8 Å². The van der Waals surface area contributed by atoms with Crippen LogP contribution in [-0.2, 0) is 0 Å². The van der Waals surface area contributed by atoms with Crippen LogP contribution in [0.4, 0.5) is 0 Å². The molecule has 2 atom stereocenters. The Balaban J connectivity index is 2.66. The molecule has 3 N–H and O–H groups in total. The van der Waals surface area contributed by atoms with Gasteiger partial charge in [0.2, 0.25) is 0 Å². The molecule has 0 saturated heterocycles. The molecule has 1 rings (SSSR count). The molecular weight excluding hydrogens is 170 g/mol. The lowest BCUT2D eigenvalue weighted by atomic mass is 9.97. The van der Waals surface area contributed by atoms with Gasteiger partial charge in [0.05, 0.1) is 0 Å². The fourth-order valence-electron chi connectivity index (χ4n) is 1.31. The maximum atomic E-state index is 8.83. The third-order valence-corrected chi connectivity index (χ3v) is 2.99. The molecule has 0 saturated carbocycles. The van der Waals surface area contributed by atoms with Gasteiger partial charge in [-0.25, -0.2) is 0 Å². The Morgan fingerprint density at radius 1 is 1.67 bits per heavy atom. The minimum Gasteiger partial charge on any atom is -0.396 e. The second-order valence-corrected chi connectivity index (χ2v) is 3.97. The molecule has 0 aliphatic rings. The maximum absolute atomic E-state index is 8.83. The third kappa shape index (κ3) is 2.30. The lowest BCUT2D eigenvalue weighted by Crippen LogP contribution is -2.24. The van der Waals surface area contributed by atoms with Crippen LogP contribution in [0.25, 0.3) is 0 Å². The van der Waals surface area contributed by atoms with Gasteiger partial charge in [-0.05, 0) is 24.8 Å². The molecule has 2 nitrogen and oxygen atoms in total. The molecular formula is C9H15NOS. The molecule has 1 aromatic rings. The maximum Gasteiger partial charge on any atom is 0.0437 e. The number of hydrogen-bond acceptors (Lipinski definition) is 3. The predicted octanol–water partition coefficient (Wildman–Crippen LogP) is 1.56. The minimum absolute atomic E-state index is 0.121. The van der Waals surface area contributed by atoms with E-state index in [0.29, 0.717) is 5.92 Å². The molecule has 0 spiro atoms. The molecule has 0 aromatic carbocycles. The monoisotopic (exact) mass is 185 g/mol. The van der Waals surface area contributed by atoms with E-state index in [1.165, 1.54) is 4.88 Å². The molecule has 0 fully saturated rings. The molecule has 0 radical (unpaired) electrons. The highest BCUT2D eigenvalue weighted by Gasteiger charge is 2.15. The van der Waals surface area contributed by atoms with E-state index in [1.54, 1.807) is 11.3 Å². The lowest BCUT2D eigenvalue weighted by Gasteiger charge is -2.17. The van der Waals surface area contributed by atoms with Gasteiger partial charge in [0.15, 0.2) is 0 Å². The first-order valence-corrected chi connectivity index (χ1v) is 5.03. The SMILES string of the molecule is CC(N)C(CCO)c1cccs1. The second kappa shape index (κ2) is 4.60. The summed E-state index contributed by atoms with van der Waals surface area (Å²) in [5, 5.41) is 10.9. The summed E-state index contributed by atoms with van der Waals surface area (Å²) in [6.45, 7) is 2.20. The van der Waals surface area contributed by atoms with E-state index >= 15 is 0 Å². The summed E-state index contributed by atoms with van der Waals surface area (Å²) in [7, 11) is 0. The van der Waals surface area contributed by atoms with Gasteiger partial charge in [-0.2, -0.15) is 0 Å². The summed E-state index contributed by atoms with van der Waals surface area (Å²) >= 11 is 1.71. The van der Waals surface area contributed by atoms with Crippen LogP contribution < -0.4 is 5.73 Å². The Bertz CT molecular complexity index is 208. The number of aliphatic hydroxyl groups excluding tert-OH is 1. The van der Waals surface area contributed by atoms with E-state index in [9.17, 15) is 0 Å². The molecule has 3 heteroatoms. The first kappa shape index (κ1) is 9.71. The Labute approximate surface area is 77.0 Å². The summed E-state index contributed by atoms with van der Waals surface area (Å²) in [6.07, 6.45) is 0.762. The van der Waals surface area contributed by atoms with Crippen LogP contribution in [0, 0.1) is 0 Å². The molecule has 2 unspecified atom stereocenters. The Morgan fingerprint density at radius 3 is 2.83 bits per heavy atom.